The van der Waals surface area contributed by atoms with Gasteiger partial charge in [0.15, 0.2) is 17.5 Å². The standard InChI is InChI=1S/C21H33F3N4O3.HI/c1-25-20(26-8-5-15-6-9-28(10-7-15)14-21(22,23)24)27-13-16-11-17(29-2)19(31-4)18(12-16)30-3;/h11-12,15H,5-10,13-14H2,1-4H3,(H2,25,26,27);1H. The number of aliphatic imine (C=N–C) groups is 1. The SMILES string of the molecule is CN=C(NCCC1CCN(CC(F)(F)F)CC1)NCc1cc(OC)c(OC)c(OC)c1.I. The summed E-state index contributed by atoms with van der Waals surface area (Å²) >= 11 is 0. The average Bonchev–Trinajstić information content (AvgIpc) is 2.75. The molecule has 0 saturated carbocycles. The van der Waals surface area contributed by atoms with Gasteiger partial charge in [0.05, 0.1) is 27.9 Å². The van der Waals surface area contributed by atoms with E-state index >= 15 is 0 Å². The minimum Gasteiger partial charge on any atom is -0.493 e. The quantitative estimate of drug-likeness (QED) is 0.267. The van der Waals surface area contributed by atoms with Crippen molar-refractivity contribution in [3.63, 3.8) is 0 Å². The Hall–Kier alpha value is -1.63. The Morgan fingerprint density at radius 3 is 2.12 bits per heavy atom. The molecule has 32 heavy (non-hydrogen) atoms. The molecule has 0 aliphatic carbocycles. The van der Waals surface area contributed by atoms with Crippen molar-refractivity contribution < 1.29 is 27.4 Å². The van der Waals surface area contributed by atoms with Gasteiger partial charge in [-0.25, -0.2) is 0 Å². The summed E-state index contributed by atoms with van der Waals surface area (Å²) in [5.74, 6) is 2.78. The van der Waals surface area contributed by atoms with E-state index in [1.54, 1.807) is 28.4 Å². The first kappa shape index (κ1) is 28.4. The summed E-state index contributed by atoms with van der Waals surface area (Å²) < 4.78 is 53.6. The molecule has 0 atom stereocenters. The fraction of sp³-hybridized carbons (Fsp3) is 0.667. The highest BCUT2D eigenvalue weighted by Crippen LogP contribution is 2.38. The number of hydrogen-bond donors (Lipinski definition) is 2. The topological polar surface area (TPSA) is 67.4 Å². The molecule has 1 aromatic rings. The number of alkyl halides is 3. The molecular formula is C21H34F3IN4O3. The highest BCUT2D eigenvalue weighted by Gasteiger charge is 2.32. The average molecular weight is 574 g/mol. The van der Waals surface area contributed by atoms with Crippen LogP contribution in [0.15, 0.2) is 17.1 Å². The summed E-state index contributed by atoms with van der Waals surface area (Å²) in [6.45, 7) is 1.40. The maximum Gasteiger partial charge on any atom is 0.401 e. The summed E-state index contributed by atoms with van der Waals surface area (Å²) in [5, 5.41) is 6.52. The highest BCUT2D eigenvalue weighted by molar-refractivity contribution is 14.0. The van der Waals surface area contributed by atoms with Crippen LogP contribution in [-0.4, -0.2) is 71.6 Å². The smallest absolute Gasteiger partial charge is 0.401 e. The number of halogens is 4. The van der Waals surface area contributed by atoms with Crippen molar-refractivity contribution in [2.24, 2.45) is 10.9 Å². The largest absolute Gasteiger partial charge is 0.493 e. The van der Waals surface area contributed by atoms with Crippen molar-refractivity contribution in [1.29, 1.82) is 0 Å². The molecule has 2 rings (SSSR count). The second-order valence-corrected chi connectivity index (χ2v) is 7.51. The van der Waals surface area contributed by atoms with E-state index in [2.05, 4.69) is 15.6 Å². The first-order valence-electron chi connectivity index (χ1n) is 10.3. The molecule has 7 nitrogen and oxygen atoms in total. The van der Waals surface area contributed by atoms with Crippen LogP contribution in [0.4, 0.5) is 13.2 Å². The summed E-state index contributed by atoms with van der Waals surface area (Å²) in [7, 11) is 6.40. The number of methoxy groups -OCH3 is 3. The van der Waals surface area contributed by atoms with Crippen molar-refractivity contribution in [3.8, 4) is 17.2 Å². The van der Waals surface area contributed by atoms with Crippen LogP contribution in [0.5, 0.6) is 17.2 Å². The van der Waals surface area contributed by atoms with Crippen LogP contribution in [0, 0.1) is 5.92 Å². The van der Waals surface area contributed by atoms with Crippen molar-refractivity contribution >= 4 is 29.9 Å². The molecule has 0 spiro atoms. The zero-order valence-electron chi connectivity index (χ0n) is 19.1. The fourth-order valence-corrected chi connectivity index (χ4v) is 3.73. The molecule has 11 heteroatoms. The normalized spacial score (nSPS) is 15.7. The third-order valence-corrected chi connectivity index (χ3v) is 5.36. The van der Waals surface area contributed by atoms with Crippen LogP contribution < -0.4 is 24.8 Å². The van der Waals surface area contributed by atoms with E-state index in [0.29, 0.717) is 55.3 Å². The van der Waals surface area contributed by atoms with Gasteiger partial charge in [0, 0.05) is 20.1 Å². The molecular weight excluding hydrogens is 540 g/mol. The molecule has 0 unspecified atom stereocenters. The minimum absolute atomic E-state index is 0. The van der Waals surface area contributed by atoms with Gasteiger partial charge in [0.2, 0.25) is 5.75 Å². The summed E-state index contributed by atoms with van der Waals surface area (Å²) in [5.41, 5.74) is 0.939. The van der Waals surface area contributed by atoms with Crippen LogP contribution in [0.25, 0.3) is 0 Å². The number of ether oxygens (including phenoxy) is 3. The molecule has 2 N–H and O–H groups in total. The number of nitrogens with one attached hydrogen (secondary N) is 2. The van der Waals surface area contributed by atoms with E-state index in [0.717, 1.165) is 24.8 Å². The summed E-state index contributed by atoms with van der Waals surface area (Å²) in [6, 6.07) is 3.74. The predicted molar refractivity (Wildman–Crippen MR) is 130 cm³/mol. The fourth-order valence-electron chi connectivity index (χ4n) is 3.73. The number of benzene rings is 1. The lowest BCUT2D eigenvalue weighted by atomic mass is 9.93. The first-order chi connectivity index (χ1) is 14.8. The summed E-state index contributed by atoms with van der Waals surface area (Å²) in [4.78, 5) is 5.72. The molecule has 1 fully saturated rings. The van der Waals surface area contributed by atoms with Crippen LogP contribution in [-0.2, 0) is 6.54 Å². The van der Waals surface area contributed by atoms with Gasteiger partial charge in [0.25, 0.3) is 0 Å². The zero-order valence-corrected chi connectivity index (χ0v) is 21.4. The Labute approximate surface area is 205 Å². The number of hydrogen-bond acceptors (Lipinski definition) is 5. The van der Waals surface area contributed by atoms with Crippen LogP contribution in [0.1, 0.15) is 24.8 Å². The lowest BCUT2D eigenvalue weighted by Crippen LogP contribution is -2.41. The third-order valence-electron chi connectivity index (χ3n) is 5.36. The molecule has 0 radical (unpaired) electrons. The highest BCUT2D eigenvalue weighted by atomic mass is 127. The second-order valence-electron chi connectivity index (χ2n) is 7.51. The molecule has 1 heterocycles. The Kier molecular flexibility index (Phi) is 12.3. The predicted octanol–water partition coefficient (Wildman–Crippen LogP) is 3.66. The second kappa shape index (κ2) is 13.8. The van der Waals surface area contributed by atoms with Gasteiger partial charge < -0.3 is 24.8 Å². The maximum atomic E-state index is 12.5. The van der Waals surface area contributed by atoms with Crippen LogP contribution in [0.3, 0.4) is 0 Å². The van der Waals surface area contributed by atoms with Crippen molar-refractivity contribution in [1.82, 2.24) is 15.5 Å². The van der Waals surface area contributed by atoms with E-state index in [9.17, 15) is 13.2 Å². The van der Waals surface area contributed by atoms with Gasteiger partial charge >= 0.3 is 6.18 Å². The molecule has 0 aromatic heterocycles. The minimum atomic E-state index is -4.12. The molecule has 1 aromatic carbocycles. The Morgan fingerprint density at radius 1 is 1.06 bits per heavy atom. The van der Waals surface area contributed by atoms with Gasteiger partial charge in [-0.3, -0.25) is 9.89 Å². The lowest BCUT2D eigenvalue weighted by Gasteiger charge is -2.32. The molecule has 0 bridgehead atoms. The van der Waals surface area contributed by atoms with E-state index in [-0.39, 0.29) is 24.0 Å². The van der Waals surface area contributed by atoms with Gasteiger partial charge in [-0.2, -0.15) is 13.2 Å². The van der Waals surface area contributed by atoms with Gasteiger partial charge in [-0.1, -0.05) is 0 Å². The van der Waals surface area contributed by atoms with E-state index < -0.39 is 12.7 Å². The molecule has 0 amide bonds. The first-order valence-corrected chi connectivity index (χ1v) is 10.3. The van der Waals surface area contributed by atoms with Crippen molar-refractivity contribution in [3.05, 3.63) is 17.7 Å². The van der Waals surface area contributed by atoms with Crippen molar-refractivity contribution in [2.75, 3.05) is 54.6 Å². The third kappa shape index (κ3) is 9.08. The van der Waals surface area contributed by atoms with Gasteiger partial charge in [-0.15, -0.1) is 24.0 Å². The van der Waals surface area contributed by atoms with Gasteiger partial charge in [0.1, 0.15) is 0 Å². The van der Waals surface area contributed by atoms with Gasteiger partial charge in [-0.05, 0) is 56.0 Å². The van der Waals surface area contributed by atoms with Crippen molar-refractivity contribution in [2.45, 2.75) is 32.0 Å². The lowest BCUT2D eigenvalue weighted by molar-refractivity contribution is -0.148. The van der Waals surface area contributed by atoms with E-state index in [4.69, 9.17) is 14.2 Å². The number of guanidine groups is 1. The molecule has 184 valence electrons. The maximum absolute atomic E-state index is 12.5. The molecule has 1 aliphatic rings. The number of rotatable bonds is 9. The number of nitrogens with zero attached hydrogens (tertiary/aromatic N) is 2. The molecule has 1 saturated heterocycles. The Morgan fingerprint density at radius 2 is 1.66 bits per heavy atom. The monoisotopic (exact) mass is 574 g/mol. The zero-order chi connectivity index (χ0) is 22.9. The van der Waals surface area contributed by atoms with Crippen LogP contribution in [0.2, 0.25) is 0 Å². The molecule has 1 aliphatic heterocycles. The van der Waals surface area contributed by atoms with Crippen LogP contribution >= 0.6 is 24.0 Å². The number of likely N-dealkylation sites (tertiary alicyclic amines) is 1. The van der Waals surface area contributed by atoms with E-state index in [1.165, 1.54) is 4.90 Å². The Balaban J connectivity index is 0.00000512. The Bertz CT molecular complexity index is 702. The summed E-state index contributed by atoms with van der Waals surface area (Å²) in [6.07, 6.45) is -1.65. The van der Waals surface area contributed by atoms with E-state index in [1.807, 2.05) is 12.1 Å². The number of piperidine rings is 1.